The number of anilines is 2. The van der Waals surface area contributed by atoms with E-state index in [9.17, 15) is 32.7 Å². The van der Waals surface area contributed by atoms with Crippen LogP contribution in [0.3, 0.4) is 0 Å². The first-order valence-electron chi connectivity index (χ1n) is 17.8. The first kappa shape index (κ1) is 40.5. The molecule has 14 nitrogen and oxygen atoms in total. The van der Waals surface area contributed by atoms with Crippen LogP contribution >= 0.6 is 0 Å². The van der Waals surface area contributed by atoms with Crippen molar-refractivity contribution < 1.29 is 60.4 Å². The lowest BCUT2D eigenvalue weighted by Gasteiger charge is -2.53. The van der Waals surface area contributed by atoms with Crippen molar-refractivity contribution in [2.75, 3.05) is 30.4 Å². The molecule has 6 rings (SSSR count). The first-order valence-corrected chi connectivity index (χ1v) is 17.8. The molecule has 0 radical (unpaired) electrons. The highest BCUT2D eigenvalue weighted by molar-refractivity contribution is 6.07. The number of alkyl halides is 3. The Balaban J connectivity index is 1.61. The zero-order valence-electron chi connectivity index (χ0n) is 32.2. The van der Waals surface area contributed by atoms with Crippen LogP contribution in [0.5, 0.6) is 11.6 Å². The number of nitrogens with one attached hydrogen (secondary N) is 2. The highest BCUT2D eigenvalue weighted by Gasteiger charge is 2.61. The fraction of sp³-hybridized carbons (Fsp3) is 0.541. The zero-order valence-corrected chi connectivity index (χ0v) is 32.2. The van der Waals surface area contributed by atoms with E-state index < -0.39 is 100 Å². The molecular formula is C37H43F5N6O8. The number of hydrogen-bond acceptors (Lipinski definition) is 11. The van der Waals surface area contributed by atoms with Crippen LogP contribution in [0.25, 0.3) is 22.0 Å². The lowest BCUT2D eigenvalue weighted by molar-refractivity contribution is -0.275. The van der Waals surface area contributed by atoms with E-state index in [2.05, 4.69) is 25.3 Å². The molecule has 3 N–H and O–H groups in total. The fourth-order valence-corrected chi connectivity index (χ4v) is 7.76. The van der Waals surface area contributed by atoms with Crippen molar-refractivity contribution in [3.8, 4) is 22.9 Å². The monoisotopic (exact) mass is 794 g/mol. The number of aryl methyl sites for hydroxylation is 1. The van der Waals surface area contributed by atoms with Crippen LogP contribution in [0.2, 0.25) is 0 Å². The molecular weight excluding hydrogens is 751 g/mol. The molecule has 2 aromatic heterocycles. The SMILES string of the molecule is CNC(=O)c1nc2c3c(nc(-c4cc(NC(=O)OC(C)(C)C)cc(F)c4OC(F)(F)F)c(F)c3c1C)O[C@@H](C)[C@@H]1[C@@H]3CC[C@](CO)(CN21)N3C(=O)OC(C)(C)C. The summed E-state index contributed by atoms with van der Waals surface area (Å²) < 4.78 is 95.8. The second-order valence-corrected chi connectivity index (χ2v) is 16.1. The van der Waals surface area contributed by atoms with Crippen molar-refractivity contribution in [3.63, 3.8) is 0 Å². The molecule has 1 aromatic carbocycles. The van der Waals surface area contributed by atoms with Crippen LogP contribution in [-0.4, -0.2) is 99.6 Å². The predicted molar refractivity (Wildman–Crippen MR) is 192 cm³/mol. The number of aromatic nitrogens is 2. The number of ether oxygens (including phenoxy) is 4. The predicted octanol–water partition coefficient (Wildman–Crippen LogP) is 6.59. The Morgan fingerprint density at radius 3 is 2.29 bits per heavy atom. The lowest BCUT2D eigenvalue weighted by Crippen LogP contribution is -2.71. The van der Waals surface area contributed by atoms with Crippen LogP contribution in [0, 0.1) is 18.6 Å². The van der Waals surface area contributed by atoms with Gasteiger partial charge >= 0.3 is 18.5 Å². The summed E-state index contributed by atoms with van der Waals surface area (Å²) in [5, 5.41) is 15.2. The van der Waals surface area contributed by atoms with Crippen LogP contribution < -0.4 is 25.0 Å². The van der Waals surface area contributed by atoms with E-state index in [1.165, 1.54) is 18.9 Å². The van der Waals surface area contributed by atoms with E-state index in [0.717, 1.165) is 6.07 Å². The summed E-state index contributed by atoms with van der Waals surface area (Å²) in [5.74, 6) is -5.46. The van der Waals surface area contributed by atoms with E-state index in [1.807, 2.05) is 0 Å². The Morgan fingerprint density at radius 2 is 1.70 bits per heavy atom. The van der Waals surface area contributed by atoms with E-state index in [-0.39, 0.29) is 40.3 Å². The molecule has 2 bridgehead atoms. The standard InChI is InChI=1S/C37H43F5N6O8/c1-16-22-23-29(45-25(16)30(50)43-9)47-14-36(15-49)11-10-21(48(36)33(52)56-35(6,7)8)27(47)17(2)53-31(23)46-26(24(22)39)19-12-18(44-32(51)55-34(3,4)5)13-20(38)28(19)54-37(40,41)42/h12-13,17,21,27,49H,10-11,14-15H2,1-9H3,(H,43,50)(H,44,51)/t17-,21-,27+,36+/m0/s1. The highest BCUT2D eigenvalue weighted by atomic mass is 19.4. The minimum atomic E-state index is -5.45. The number of pyridine rings is 2. The van der Waals surface area contributed by atoms with Gasteiger partial charge in [-0.3, -0.25) is 15.0 Å². The van der Waals surface area contributed by atoms with Gasteiger partial charge in [0.2, 0.25) is 5.88 Å². The van der Waals surface area contributed by atoms with Gasteiger partial charge in [0.15, 0.2) is 17.4 Å². The Labute approximate surface area is 318 Å². The molecule has 0 unspecified atom stereocenters. The summed E-state index contributed by atoms with van der Waals surface area (Å²) in [5.41, 5.74) is -5.58. The van der Waals surface area contributed by atoms with Gasteiger partial charge in [-0.05, 0) is 79.9 Å². The summed E-state index contributed by atoms with van der Waals surface area (Å²) in [6.45, 7) is 12.2. The number of carbonyl (C=O) groups excluding carboxylic acids is 3. The van der Waals surface area contributed by atoms with Crippen molar-refractivity contribution in [1.29, 1.82) is 0 Å². The molecule has 3 aromatic rings. The molecule has 5 heterocycles. The van der Waals surface area contributed by atoms with Crippen LogP contribution in [0.1, 0.15) is 77.4 Å². The minimum absolute atomic E-state index is 0.00153. The minimum Gasteiger partial charge on any atom is -0.472 e. The van der Waals surface area contributed by atoms with Crippen molar-refractivity contribution in [2.24, 2.45) is 0 Å². The average Bonchev–Trinajstić information content (AvgIpc) is 3.27. The maximum Gasteiger partial charge on any atom is 0.573 e. The van der Waals surface area contributed by atoms with Gasteiger partial charge in [-0.25, -0.2) is 28.3 Å². The third-order valence-electron chi connectivity index (χ3n) is 9.78. The van der Waals surface area contributed by atoms with Crippen LogP contribution in [0.4, 0.5) is 43.0 Å². The van der Waals surface area contributed by atoms with Crippen molar-refractivity contribution >= 4 is 40.4 Å². The fourth-order valence-electron chi connectivity index (χ4n) is 7.76. The summed E-state index contributed by atoms with van der Waals surface area (Å²) in [4.78, 5) is 52.0. The molecule has 19 heteroatoms. The topological polar surface area (TPSA) is 165 Å². The molecule has 304 valence electrons. The third-order valence-corrected chi connectivity index (χ3v) is 9.78. The first-order chi connectivity index (χ1) is 25.9. The number of carbonyl (C=O) groups is 3. The average molecular weight is 795 g/mol. The smallest absolute Gasteiger partial charge is 0.472 e. The van der Waals surface area contributed by atoms with Crippen molar-refractivity contribution in [1.82, 2.24) is 20.2 Å². The molecule has 0 aliphatic carbocycles. The summed E-state index contributed by atoms with van der Waals surface area (Å²) >= 11 is 0. The van der Waals surface area contributed by atoms with Crippen LogP contribution in [-0.2, 0) is 9.47 Å². The molecule has 0 spiro atoms. The number of aliphatic hydroxyl groups is 1. The molecule has 2 fully saturated rings. The van der Waals surface area contributed by atoms with Gasteiger partial charge in [0, 0.05) is 30.7 Å². The van der Waals surface area contributed by atoms with Gasteiger partial charge in [0.25, 0.3) is 5.91 Å². The van der Waals surface area contributed by atoms with E-state index in [1.54, 1.807) is 53.4 Å². The largest absolute Gasteiger partial charge is 0.573 e. The van der Waals surface area contributed by atoms with Gasteiger partial charge < -0.3 is 34.3 Å². The second kappa shape index (κ2) is 13.8. The number of amides is 3. The van der Waals surface area contributed by atoms with Gasteiger partial charge in [0.1, 0.15) is 34.5 Å². The Morgan fingerprint density at radius 1 is 1.04 bits per heavy atom. The Kier molecular flexibility index (Phi) is 9.95. The number of aliphatic hydroxyl groups excluding tert-OH is 1. The number of halogens is 5. The zero-order chi connectivity index (χ0) is 41.4. The number of hydrogen-bond donors (Lipinski definition) is 3. The third kappa shape index (κ3) is 7.28. The maximum absolute atomic E-state index is 17.4. The van der Waals surface area contributed by atoms with E-state index >= 15 is 8.78 Å². The molecule has 3 aliphatic rings. The summed E-state index contributed by atoms with van der Waals surface area (Å²) in [6, 6.07) is -0.0542. The summed E-state index contributed by atoms with van der Waals surface area (Å²) in [6.07, 6.45) is -7.40. The normalized spacial score (nSPS) is 21.9. The number of rotatable bonds is 5. The molecule has 3 aliphatic heterocycles. The Hall–Kier alpha value is -5.20. The lowest BCUT2D eigenvalue weighted by atomic mass is 9.92. The number of piperazine rings is 1. The van der Waals surface area contributed by atoms with Gasteiger partial charge in [-0.15, -0.1) is 13.2 Å². The van der Waals surface area contributed by atoms with Crippen molar-refractivity contribution in [2.45, 2.75) is 110 Å². The van der Waals surface area contributed by atoms with Crippen LogP contribution in [0.15, 0.2) is 12.1 Å². The quantitative estimate of drug-likeness (QED) is 0.239. The van der Waals surface area contributed by atoms with Gasteiger partial charge in [0.05, 0.1) is 35.2 Å². The highest BCUT2D eigenvalue weighted by Crippen LogP contribution is 2.51. The van der Waals surface area contributed by atoms with E-state index in [4.69, 9.17) is 14.2 Å². The Bertz CT molecular complexity index is 2120. The molecule has 3 amide bonds. The summed E-state index contributed by atoms with van der Waals surface area (Å²) in [7, 11) is 1.33. The van der Waals surface area contributed by atoms with Gasteiger partial charge in [-0.2, -0.15) is 0 Å². The number of nitrogens with zero attached hydrogens (tertiary/aromatic N) is 4. The molecule has 0 saturated carbocycles. The maximum atomic E-state index is 17.4. The molecule has 56 heavy (non-hydrogen) atoms. The number of benzene rings is 1. The molecule has 2 saturated heterocycles. The second-order valence-electron chi connectivity index (χ2n) is 16.1. The van der Waals surface area contributed by atoms with Crippen molar-refractivity contribution in [3.05, 3.63) is 35.0 Å². The van der Waals surface area contributed by atoms with Gasteiger partial charge in [-0.1, -0.05) is 0 Å². The number of fused-ring (bicyclic) bond motifs is 5. The molecule has 4 atom stereocenters. The van der Waals surface area contributed by atoms with E-state index in [0.29, 0.717) is 18.9 Å².